The molecule has 1 rings (SSSR count). The van der Waals surface area contributed by atoms with Crippen LogP contribution in [0, 0.1) is 0 Å². The molecule has 0 aliphatic carbocycles. The molecule has 4 heteroatoms. The molecule has 0 atom stereocenters. The second-order valence-corrected chi connectivity index (χ2v) is 3.34. The molecule has 0 saturated heterocycles. The second kappa shape index (κ2) is 5.25. The summed E-state index contributed by atoms with van der Waals surface area (Å²) in [4.78, 5) is 0. The van der Waals surface area contributed by atoms with Gasteiger partial charge < -0.3 is 5.32 Å². The van der Waals surface area contributed by atoms with Crippen molar-refractivity contribution >= 4 is 11.6 Å². The molecule has 1 N–H and O–H groups in total. The lowest BCUT2D eigenvalue weighted by atomic mass is 10.4. The van der Waals surface area contributed by atoms with Crippen molar-refractivity contribution in [1.29, 1.82) is 0 Å². The van der Waals surface area contributed by atoms with Gasteiger partial charge in [0.2, 0.25) is 0 Å². The van der Waals surface area contributed by atoms with E-state index in [0.29, 0.717) is 0 Å². The van der Waals surface area contributed by atoms with Crippen molar-refractivity contribution in [3.63, 3.8) is 0 Å². The van der Waals surface area contributed by atoms with E-state index in [2.05, 4.69) is 24.3 Å². The fourth-order valence-corrected chi connectivity index (χ4v) is 1.43. The first-order valence-corrected chi connectivity index (χ1v) is 5.08. The van der Waals surface area contributed by atoms with Crippen molar-refractivity contribution in [3.05, 3.63) is 16.9 Å². The lowest BCUT2D eigenvalue weighted by Gasteiger charge is -2.06. The highest BCUT2D eigenvalue weighted by molar-refractivity contribution is 6.31. The average molecular weight is 202 g/mol. The van der Waals surface area contributed by atoms with E-state index in [-0.39, 0.29) is 0 Å². The fraction of sp³-hybridized carbons (Fsp3) is 0.667. The molecule has 0 spiro atoms. The predicted molar refractivity (Wildman–Crippen MR) is 54.9 cm³/mol. The van der Waals surface area contributed by atoms with Crippen molar-refractivity contribution in [1.82, 2.24) is 15.1 Å². The van der Waals surface area contributed by atoms with Gasteiger partial charge in [-0.2, -0.15) is 5.10 Å². The maximum Gasteiger partial charge on any atom is 0.0831 e. The molecule has 0 aliphatic heterocycles. The largest absolute Gasteiger partial charge is 0.311 e. The predicted octanol–water partition coefficient (Wildman–Crippen LogP) is 2.06. The Hall–Kier alpha value is -0.540. The van der Waals surface area contributed by atoms with Crippen LogP contribution in [-0.4, -0.2) is 16.3 Å². The zero-order valence-electron chi connectivity index (χ0n) is 8.18. The summed E-state index contributed by atoms with van der Waals surface area (Å²) < 4.78 is 1.92. The molecule has 1 aromatic heterocycles. The highest BCUT2D eigenvalue weighted by Gasteiger charge is 2.06. The lowest BCUT2D eigenvalue weighted by molar-refractivity contribution is 0.579. The summed E-state index contributed by atoms with van der Waals surface area (Å²) in [6, 6.07) is 0. The quantitative estimate of drug-likeness (QED) is 0.740. The molecule has 13 heavy (non-hydrogen) atoms. The molecular weight excluding hydrogens is 186 g/mol. The third-order valence-electron chi connectivity index (χ3n) is 1.92. The van der Waals surface area contributed by atoms with Crippen LogP contribution in [0.3, 0.4) is 0 Å². The van der Waals surface area contributed by atoms with Gasteiger partial charge in [0.25, 0.3) is 0 Å². The van der Waals surface area contributed by atoms with Gasteiger partial charge in [-0.3, -0.25) is 4.68 Å². The molecule has 0 fully saturated rings. The molecule has 0 unspecified atom stereocenters. The Morgan fingerprint density at radius 2 is 2.31 bits per heavy atom. The van der Waals surface area contributed by atoms with Crippen molar-refractivity contribution < 1.29 is 0 Å². The Morgan fingerprint density at radius 1 is 1.54 bits per heavy atom. The van der Waals surface area contributed by atoms with Crippen LogP contribution in [0.2, 0.25) is 5.02 Å². The number of nitrogens with zero attached hydrogens (tertiary/aromatic N) is 2. The Labute approximate surface area is 84.1 Å². The number of hydrogen-bond donors (Lipinski definition) is 1. The minimum atomic E-state index is 0.755. The maximum absolute atomic E-state index is 5.98. The number of rotatable bonds is 5. The van der Waals surface area contributed by atoms with Crippen molar-refractivity contribution in [2.75, 3.05) is 6.54 Å². The molecule has 0 radical (unpaired) electrons. The highest BCUT2D eigenvalue weighted by Crippen LogP contribution is 2.14. The van der Waals surface area contributed by atoms with Gasteiger partial charge in [0.1, 0.15) is 0 Å². The summed E-state index contributed by atoms with van der Waals surface area (Å²) >= 11 is 5.98. The van der Waals surface area contributed by atoms with Gasteiger partial charge in [-0.15, -0.1) is 0 Å². The van der Waals surface area contributed by atoms with Crippen LogP contribution in [0.15, 0.2) is 6.20 Å². The summed E-state index contributed by atoms with van der Waals surface area (Å²) in [7, 11) is 0. The minimum Gasteiger partial charge on any atom is -0.311 e. The normalized spacial score (nSPS) is 10.7. The minimum absolute atomic E-state index is 0.755. The van der Waals surface area contributed by atoms with Crippen LogP contribution in [-0.2, 0) is 13.1 Å². The fourth-order valence-electron chi connectivity index (χ4n) is 1.22. The van der Waals surface area contributed by atoms with E-state index in [4.69, 9.17) is 11.6 Å². The zero-order chi connectivity index (χ0) is 9.68. The lowest BCUT2D eigenvalue weighted by Crippen LogP contribution is -2.17. The van der Waals surface area contributed by atoms with Crippen LogP contribution in [0.25, 0.3) is 0 Å². The van der Waals surface area contributed by atoms with Crippen LogP contribution in [0.1, 0.15) is 26.0 Å². The van der Waals surface area contributed by atoms with Crippen molar-refractivity contribution in [3.8, 4) is 0 Å². The van der Waals surface area contributed by atoms with E-state index in [1.165, 1.54) is 0 Å². The van der Waals surface area contributed by atoms with Crippen LogP contribution in [0.4, 0.5) is 0 Å². The molecule has 0 saturated carbocycles. The summed E-state index contributed by atoms with van der Waals surface area (Å²) in [6.07, 6.45) is 2.84. The van der Waals surface area contributed by atoms with Gasteiger partial charge in [0, 0.05) is 13.1 Å². The number of aryl methyl sites for hydroxylation is 1. The molecule has 0 amide bonds. The van der Waals surface area contributed by atoms with Gasteiger partial charge in [-0.05, 0) is 19.9 Å². The zero-order valence-corrected chi connectivity index (χ0v) is 8.93. The van der Waals surface area contributed by atoms with Crippen molar-refractivity contribution in [2.45, 2.75) is 33.4 Å². The monoisotopic (exact) mass is 201 g/mol. The molecule has 1 heterocycles. The van der Waals surface area contributed by atoms with E-state index in [1.807, 2.05) is 4.68 Å². The van der Waals surface area contributed by atoms with Gasteiger partial charge in [-0.1, -0.05) is 18.5 Å². The number of halogens is 1. The average Bonchev–Trinajstić information content (AvgIpc) is 2.48. The smallest absolute Gasteiger partial charge is 0.0831 e. The highest BCUT2D eigenvalue weighted by atomic mass is 35.5. The third kappa shape index (κ3) is 2.71. The van der Waals surface area contributed by atoms with Gasteiger partial charge in [0.15, 0.2) is 0 Å². The topological polar surface area (TPSA) is 29.9 Å². The van der Waals surface area contributed by atoms with Crippen LogP contribution >= 0.6 is 11.6 Å². The molecule has 3 nitrogen and oxygen atoms in total. The molecule has 74 valence electrons. The summed E-state index contributed by atoms with van der Waals surface area (Å²) in [5.41, 5.74) is 1.08. The number of aromatic nitrogens is 2. The molecule has 0 bridgehead atoms. The van der Waals surface area contributed by atoms with Gasteiger partial charge in [0.05, 0.1) is 16.9 Å². The van der Waals surface area contributed by atoms with Crippen LogP contribution in [0.5, 0.6) is 0 Å². The van der Waals surface area contributed by atoms with E-state index in [1.54, 1.807) is 6.20 Å². The van der Waals surface area contributed by atoms with E-state index in [9.17, 15) is 0 Å². The first-order chi connectivity index (χ1) is 6.29. The Kier molecular flexibility index (Phi) is 4.25. The molecule has 1 aromatic rings. The molecular formula is C9H16ClN3. The Bertz CT molecular complexity index is 257. The Balaban J connectivity index is 2.57. The summed E-state index contributed by atoms with van der Waals surface area (Å²) in [6.45, 7) is 6.90. The third-order valence-corrected chi connectivity index (χ3v) is 2.23. The molecule has 0 aliphatic rings. The first kappa shape index (κ1) is 10.5. The van der Waals surface area contributed by atoms with Gasteiger partial charge in [-0.25, -0.2) is 0 Å². The second-order valence-electron chi connectivity index (χ2n) is 2.93. The van der Waals surface area contributed by atoms with Crippen molar-refractivity contribution in [2.24, 2.45) is 0 Å². The van der Waals surface area contributed by atoms with E-state index < -0.39 is 0 Å². The summed E-state index contributed by atoms with van der Waals surface area (Å²) in [5, 5.41) is 8.22. The Morgan fingerprint density at radius 3 is 2.92 bits per heavy atom. The molecule has 0 aromatic carbocycles. The summed E-state index contributed by atoms with van der Waals surface area (Å²) in [5.74, 6) is 0. The first-order valence-electron chi connectivity index (χ1n) is 4.70. The van der Waals surface area contributed by atoms with Crippen LogP contribution < -0.4 is 5.32 Å². The number of hydrogen-bond acceptors (Lipinski definition) is 2. The van der Waals surface area contributed by atoms with E-state index in [0.717, 1.165) is 36.8 Å². The van der Waals surface area contributed by atoms with E-state index >= 15 is 0 Å². The standard InChI is InChI=1S/C9H16ClN3/c1-3-5-11-7-9-8(10)6-12-13(9)4-2/h6,11H,3-5,7H2,1-2H3. The maximum atomic E-state index is 5.98. The number of nitrogens with one attached hydrogen (secondary N) is 1. The SMILES string of the molecule is CCCNCc1c(Cl)cnn1CC. The van der Waals surface area contributed by atoms with Gasteiger partial charge >= 0.3 is 0 Å².